The van der Waals surface area contributed by atoms with E-state index in [-0.39, 0.29) is 5.91 Å². The summed E-state index contributed by atoms with van der Waals surface area (Å²) in [6, 6.07) is 1.76. The summed E-state index contributed by atoms with van der Waals surface area (Å²) in [5.41, 5.74) is 0.846. The van der Waals surface area contributed by atoms with Crippen molar-refractivity contribution in [2.24, 2.45) is 0 Å². The lowest BCUT2D eigenvalue weighted by Gasteiger charge is -2.09. The minimum atomic E-state index is 0.188. The van der Waals surface area contributed by atoms with Gasteiger partial charge in [0.25, 0.3) is 0 Å². The van der Waals surface area contributed by atoms with Crippen molar-refractivity contribution in [1.29, 1.82) is 0 Å². The number of nitrogens with zero attached hydrogens (tertiary/aromatic N) is 1. The van der Waals surface area contributed by atoms with Crippen molar-refractivity contribution in [3.63, 3.8) is 0 Å². The third kappa shape index (κ3) is 2.50. The van der Waals surface area contributed by atoms with Crippen LogP contribution in [0.25, 0.3) is 0 Å². The maximum atomic E-state index is 11.3. The number of thiophene rings is 1. The summed E-state index contributed by atoms with van der Waals surface area (Å²) in [5.74, 6) is 6.10. The van der Waals surface area contributed by atoms with Gasteiger partial charge >= 0.3 is 0 Å². The molecule has 4 heteroatoms. The Hall–Kier alpha value is -1.60. The molecule has 1 saturated heterocycles. The zero-order valence-corrected chi connectivity index (χ0v) is 9.55. The van der Waals surface area contributed by atoms with Gasteiger partial charge in [0.15, 0.2) is 6.29 Å². The van der Waals surface area contributed by atoms with Crippen LogP contribution in [0.5, 0.6) is 0 Å². The molecule has 0 N–H and O–H groups in total. The number of amides is 1. The van der Waals surface area contributed by atoms with Crippen LogP contribution in [-0.2, 0) is 4.79 Å². The predicted molar refractivity (Wildman–Crippen MR) is 62.4 cm³/mol. The summed E-state index contributed by atoms with van der Waals surface area (Å²) < 4.78 is 0. The van der Waals surface area contributed by atoms with E-state index in [0.29, 0.717) is 17.8 Å². The van der Waals surface area contributed by atoms with E-state index in [9.17, 15) is 9.59 Å². The molecule has 0 saturated carbocycles. The number of aldehydes is 1. The first kappa shape index (κ1) is 10.9. The normalized spacial score (nSPS) is 14.8. The quantitative estimate of drug-likeness (QED) is 0.574. The molecular weight excluding hydrogens is 222 g/mol. The fraction of sp³-hybridized carbons (Fsp3) is 0.333. The Balaban J connectivity index is 1.94. The zero-order chi connectivity index (χ0) is 11.4. The lowest BCUT2D eigenvalue weighted by Crippen LogP contribution is -2.24. The lowest BCUT2D eigenvalue weighted by atomic mass is 10.3. The molecule has 0 unspecified atom stereocenters. The largest absolute Gasteiger partial charge is 0.332 e. The standard InChI is InChI=1S/C12H11NO2S/c14-8-11-7-10(9-16-11)3-1-5-13-6-2-4-12(13)15/h7-9H,2,4-6H2. The Labute approximate surface area is 98.1 Å². The second-order valence-electron chi connectivity index (χ2n) is 3.58. The van der Waals surface area contributed by atoms with Crippen molar-refractivity contribution < 1.29 is 9.59 Å². The first-order chi connectivity index (χ1) is 7.79. The van der Waals surface area contributed by atoms with Crippen LogP contribution in [0.4, 0.5) is 0 Å². The highest BCUT2D eigenvalue weighted by Crippen LogP contribution is 2.11. The maximum Gasteiger partial charge on any atom is 0.223 e. The lowest BCUT2D eigenvalue weighted by molar-refractivity contribution is -0.127. The van der Waals surface area contributed by atoms with Crippen LogP contribution < -0.4 is 0 Å². The molecule has 0 aliphatic carbocycles. The first-order valence-corrected chi connectivity index (χ1v) is 5.98. The molecule has 1 aliphatic rings. The number of hydrogen-bond donors (Lipinski definition) is 0. The zero-order valence-electron chi connectivity index (χ0n) is 8.73. The Kier molecular flexibility index (Phi) is 3.37. The van der Waals surface area contributed by atoms with E-state index in [1.807, 2.05) is 5.38 Å². The van der Waals surface area contributed by atoms with Crippen LogP contribution in [0, 0.1) is 11.8 Å². The highest BCUT2D eigenvalue weighted by molar-refractivity contribution is 7.11. The number of carbonyl (C=O) groups is 2. The van der Waals surface area contributed by atoms with Gasteiger partial charge < -0.3 is 4.90 Å². The van der Waals surface area contributed by atoms with E-state index < -0.39 is 0 Å². The van der Waals surface area contributed by atoms with Gasteiger partial charge in [0.1, 0.15) is 0 Å². The topological polar surface area (TPSA) is 37.4 Å². The van der Waals surface area contributed by atoms with E-state index in [1.54, 1.807) is 11.0 Å². The fourth-order valence-electron chi connectivity index (χ4n) is 1.59. The summed E-state index contributed by atoms with van der Waals surface area (Å²) in [4.78, 5) is 24.2. The molecule has 0 spiro atoms. The highest BCUT2D eigenvalue weighted by Gasteiger charge is 2.18. The third-order valence-corrected chi connectivity index (χ3v) is 3.27. The molecule has 2 rings (SSSR count). The summed E-state index contributed by atoms with van der Waals surface area (Å²) >= 11 is 1.38. The SMILES string of the molecule is O=Cc1cc(C#CCN2CCCC2=O)cs1. The molecule has 0 radical (unpaired) electrons. The molecule has 16 heavy (non-hydrogen) atoms. The van der Waals surface area contributed by atoms with Crippen LogP contribution in [0.2, 0.25) is 0 Å². The molecule has 1 fully saturated rings. The first-order valence-electron chi connectivity index (χ1n) is 5.10. The summed E-state index contributed by atoms with van der Waals surface area (Å²) in [5, 5.41) is 1.85. The predicted octanol–water partition coefficient (Wildman–Crippen LogP) is 1.53. The van der Waals surface area contributed by atoms with Crippen LogP contribution in [0.1, 0.15) is 28.1 Å². The van der Waals surface area contributed by atoms with Gasteiger partial charge in [0, 0.05) is 23.9 Å². The smallest absolute Gasteiger partial charge is 0.223 e. The molecule has 82 valence electrons. The summed E-state index contributed by atoms with van der Waals surface area (Å²) in [6.45, 7) is 1.31. The second-order valence-corrected chi connectivity index (χ2v) is 4.52. The minimum absolute atomic E-state index is 0.188. The maximum absolute atomic E-state index is 11.3. The number of carbonyl (C=O) groups excluding carboxylic acids is 2. The summed E-state index contributed by atoms with van der Waals surface area (Å²) in [7, 11) is 0. The number of hydrogen-bond acceptors (Lipinski definition) is 3. The van der Waals surface area contributed by atoms with Crippen LogP contribution in [0.15, 0.2) is 11.4 Å². The van der Waals surface area contributed by atoms with Gasteiger partial charge in [-0.15, -0.1) is 11.3 Å². The van der Waals surface area contributed by atoms with Crippen LogP contribution >= 0.6 is 11.3 Å². The molecule has 0 bridgehead atoms. The van der Waals surface area contributed by atoms with Crippen molar-refractivity contribution in [1.82, 2.24) is 4.90 Å². The fourth-order valence-corrected chi connectivity index (χ4v) is 2.23. The van der Waals surface area contributed by atoms with Gasteiger partial charge in [0.05, 0.1) is 11.4 Å². The van der Waals surface area contributed by atoms with Gasteiger partial charge in [-0.3, -0.25) is 9.59 Å². The molecule has 1 aliphatic heterocycles. The minimum Gasteiger partial charge on any atom is -0.332 e. The van der Waals surface area contributed by atoms with Crippen molar-refractivity contribution in [3.05, 3.63) is 21.9 Å². The molecule has 1 aromatic rings. The van der Waals surface area contributed by atoms with Crippen molar-refractivity contribution in [2.75, 3.05) is 13.1 Å². The second kappa shape index (κ2) is 4.95. The van der Waals surface area contributed by atoms with Gasteiger partial charge in [0.2, 0.25) is 5.91 Å². The molecule has 3 nitrogen and oxygen atoms in total. The average molecular weight is 233 g/mol. The monoisotopic (exact) mass is 233 g/mol. The van der Waals surface area contributed by atoms with E-state index in [2.05, 4.69) is 11.8 Å². The van der Waals surface area contributed by atoms with Gasteiger partial charge in [-0.05, 0) is 12.5 Å². The Morgan fingerprint density at radius 2 is 2.44 bits per heavy atom. The van der Waals surface area contributed by atoms with Gasteiger partial charge in [-0.1, -0.05) is 11.8 Å². The van der Waals surface area contributed by atoms with E-state index >= 15 is 0 Å². The van der Waals surface area contributed by atoms with Gasteiger partial charge in [-0.2, -0.15) is 0 Å². The molecular formula is C12H11NO2S. The van der Waals surface area contributed by atoms with Crippen molar-refractivity contribution in [2.45, 2.75) is 12.8 Å². The number of rotatable bonds is 2. The van der Waals surface area contributed by atoms with Crippen LogP contribution in [-0.4, -0.2) is 30.2 Å². The van der Waals surface area contributed by atoms with Crippen molar-refractivity contribution >= 4 is 23.5 Å². The van der Waals surface area contributed by atoms with Crippen molar-refractivity contribution in [3.8, 4) is 11.8 Å². The van der Waals surface area contributed by atoms with Crippen LogP contribution in [0.3, 0.4) is 0 Å². The molecule has 0 atom stereocenters. The average Bonchev–Trinajstić information content (AvgIpc) is 2.89. The third-order valence-electron chi connectivity index (χ3n) is 2.41. The van der Waals surface area contributed by atoms with E-state index in [1.165, 1.54) is 11.3 Å². The Morgan fingerprint density at radius 3 is 3.06 bits per heavy atom. The molecule has 1 aromatic heterocycles. The molecule has 1 amide bonds. The Morgan fingerprint density at radius 1 is 1.56 bits per heavy atom. The summed E-state index contributed by atoms with van der Waals surface area (Å²) in [6.07, 6.45) is 2.41. The van der Waals surface area contributed by atoms with E-state index in [4.69, 9.17) is 0 Å². The highest BCUT2D eigenvalue weighted by atomic mass is 32.1. The van der Waals surface area contributed by atoms with Gasteiger partial charge in [-0.25, -0.2) is 0 Å². The number of likely N-dealkylation sites (tertiary alicyclic amines) is 1. The molecule has 2 heterocycles. The molecule has 0 aromatic carbocycles. The Bertz CT molecular complexity index is 467. The van der Waals surface area contributed by atoms with E-state index in [0.717, 1.165) is 24.8 Å².